The third-order valence-electron chi connectivity index (χ3n) is 3.44. The Morgan fingerprint density at radius 2 is 1.96 bits per heavy atom. The minimum atomic E-state index is -1.11. The molecule has 2 rings (SSSR count). The molecule has 0 fully saturated rings. The quantitative estimate of drug-likeness (QED) is 0.453. The number of ether oxygens (including phenoxy) is 1. The van der Waals surface area contributed by atoms with Crippen molar-refractivity contribution in [2.45, 2.75) is 13.0 Å². The summed E-state index contributed by atoms with van der Waals surface area (Å²) in [5.41, 5.74) is 0.425. The molecule has 2 aromatic rings. The normalized spacial score (nSPS) is 11.3. The van der Waals surface area contributed by atoms with Gasteiger partial charge in [0.1, 0.15) is 5.69 Å². The van der Waals surface area contributed by atoms with Crippen molar-refractivity contribution in [2.75, 3.05) is 17.7 Å². The Labute approximate surface area is 154 Å². The first kappa shape index (κ1) is 19.2. The van der Waals surface area contributed by atoms with E-state index >= 15 is 0 Å². The SMILES string of the molecule is CNc1ccc(C(=O)O[C@@H](C)C(=O)Nc2cccc(Cl)c2)cc1[N+](=O)[O-]. The van der Waals surface area contributed by atoms with Gasteiger partial charge in [-0.3, -0.25) is 14.9 Å². The zero-order valence-corrected chi connectivity index (χ0v) is 14.7. The predicted octanol–water partition coefficient (Wildman–Crippen LogP) is 3.47. The topological polar surface area (TPSA) is 111 Å². The summed E-state index contributed by atoms with van der Waals surface area (Å²) in [6.07, 6.45) is -1.11. The molecule has 136 valence electrons. The average molecular weight is 378 g/mol. The number of nitrogens with zero attached hydrogens (tertiary/aromatic N) is 1. The van der Waals surface area contributed by atoms with Gasteiger partial charge in [0, 0.05) is 23.8 Å². The largest absolute Gasteiger partial charge is 0.449 e. The number of nitro groups is 1. The van der Waals surface area contributed by atoms with Gasteiger partial charge in [0.15, 0.2) is 6.10 Å². The fourth-order valence-corrected chi connectivity index (χ4v) is 2.30. The Morgan fingerprint density at radius 3 is 2.58 bits per heavy atom. The van der Waals surface area contributed by atoms with Crippen LogP contribution in [0.5, 0.6) is 0 Å². The molecule has 9 heteroatoms. The lowest BCUT2D eigenvalue weighted by Gasteiger charge is -2.14. The molecule has 0 aliphatic heterocycles. The number of hydrogen-bond acceptors (Lipinski definition) is 6. The summed E-state index contributed by atoms with van der Waals surface area (Å²) in [5, 5.41) is 16.7. The average Bonchev–Trinajstić information content (AvgIpc) is 2.60. The van der Waals surface area contributed by atoms with Crippen LogP contribution in [0.3, 0.4) is 0 Å². The number of hydrogen-bond donors (Lipinski definition) is 2. The van der Waals surface area contributed by atoms with Gasteiger partial charge < -0.3 is 15.4 Å². The molecule has 0 bridgehead atoms. The highest BCUT2D eigenvalue weighted by molar-refractivity contribution is 6.30. The van der Waals surface area contributed by atoms with Crippen LogP contribution in [0.15, 0.2) is 42.5 Å². The molecule has 0 radical (unpaired) electrons. The Hall–Kier alpha value is -3.13. The maximum absolute atomic E-state index is 12.2. The van der Waals surface area contributed by atoms with Crippen LogP contribution in [-0.4, -0.2) is 30.0 Å². The van der Waals surface area contributed by atoms with Crippen LogP contribution in [0.2, 0.25) is 5.02 Å². The van der Waals surface area contributed by atoms with Gasteiger partial charge in [-0.05, 0) is 37.3 Å². The van der Waals surface area contributed by atoms with E-state index in [0.717, 1.165) is 6.07 Å². The van der Waals surface area contributed by atoms with Gasteiger partial charge in [0.05, 0.1) is 10.5 Å². The first-order valence-electron chi connectivity index (χ1n) is 7.55. The van der Waals surface area contributed by atoms with Crippen LogP contribution < -0.4 is 10.6 Å². The van der Waals surface area contributed by atoms with Gasteiger partial charge in [-0.15, -0.1) is 0 Å². The fraction of sp³-hybridized carbons (Fsp3) is 0.176. The third kappa shape index (κ3) is 4.70. The molecule has 2 N–H and O–H groups in total. The molecule has 0 unspecified atom stereocenters. The first-order chi connectivity index (χ1) is 12.3. The van der Waals surface area contributed by atoms with E-state index in [1.54, 1.807) is 24.3 Å². The summed E-state index contributed by atoms with van der Waals surface area (Å²) in [5.74, 6) is -1.40. The molecule has 0 saturated carbocycles. The summed E-state index contributed by atoms with van der Waals surface area (Å²) in [6, 6.07) is 10.4. The zero-order chi connectivity index (χ0) is 19.3. The van der Waals surface area contributed by atoms with E-state index in [4.69, 9.17) is 16.3 Å². The summed E-state index contributed by atoms with van der Waals surface area (Å²) in [4.78, 5) is 34.7. The number of carbonyl (C=O) groups is 2. The minimum absolute atomic E-state index is 0.0295. The van der Waals surface area contributed by atoms with Crippen LogP contribution in [0.25, 0.3) is 0 Å². The number of benzene rings is 2. The summed E-state index contributed by atoms with van der Waals surface area (Å²) in [7, 11) is 1.53. The smallest absolute Gasteiger partial charge is 0.339 e. The highest BCUT2D eigenvalue weighted by Gasteiger charge is 2.22. The second-order valence-corrected chi connectivity index (χ2v) is 5.72. The molecular formula is C17H16ClN3O5. The second-order valence-electron chi connectivity index (χ2n) is 5.29. The number of rotatable bonds is 6. The maximum Gasteiger partial charge on any atom is 0.339 e. The van der Waals surface area contributed by atoms with Crippen molar-refractivity contribution in [2.24, 2.45) is 0 Å². The number of esters is 1. The van der Waals surface area contributed by atoms with E-state index in [1.807, 2.05) is 0 Å². The molecule has 2 aromatic carbocycles. The molecule has 0 saturated heterocycles. The Kier molecular flexibility index (Phi) is 6.13. The molecule has 1 atom stereocenters. The van der Waals surface area contributed by atoms with Crippen molar-refractivity contribution < 1.29 is 19.2 Å². The van der Waals surface area contributed by atoms with Crippen LogP contribution in [0, 0.1) is 10.1 Å². The number of halogens is 1. The fourth-order valence-electron chi connectivity index (χ4n) is 2.11. The van der Waals surface area contributed by atoms with Gasteiger partial charge in [-0.25, -0.2) is 4.79 Å². The lowest BCUT2D eigenvalue weighted by molar-refractivity contribution is -0.384. The number of nitrogens with one attached hydrogen (secondary N) is 2. The van der Waals surface area contributed by atoms with Gasteiger partial charge in [-0.1, -0.05) is 17.7 Å². The highest BCUT2D eigenvalue weighted by atomic mass is 35.5. The zero-order valence-electron chi connectivity index (χ0n) is 14.0. The van der Waals surface area contributed by atoms with E-state index < -0.39 is 22.9 Å². The van der Waals surface area contributed by atoms with Crippen LogP contribution in [0.1, 0.15) is 17.3 Å². The maximum atomic E-state index is 12.2. The number of anilines is 2. The van der Waals surface area contributed by atoms with Crippen molar-refractivity contribution in [3.8, 4) is 0 Å². The van der Waals surface area contributed by atoms with Gasteiger partial charge in [0.2, 0.25) is 0 Å². The number of amides is 1. The Balaban J connectivity index is 2.07. The van der Waals surface area contributed by atoms with Gasteiger partial charge >= 0.3 is 5.97 Å². The Morgan fingerprint density at radius 1 is 1.23 bits per heavy atom. The number of carbonyl (C=O) groups excluding carboxylic acids is 2. The van der Waals surface area contributed by atoms with Crippen LogP contribution >= 0.6 is 11.6 Å². The van der Waals surface area contributed by atoms with Crippen molar-refractivity contribution in [1.82, 2.24) is 0 Å². The molecule has 8 nitrogen and oxygen atoms in total. The molecule has 26 heavy (non-hydrogen) atoms. The molecule has 1 amide bonds. The monoisotopic (exact) mass is 377 g/mol. The lowest BCUT2D eigenvalue weighted by atomic mass is 10.1. The van der Waals surface area contributed by atoms with E-state index in [2.05, 4.69) is 10.6 Å². The van der Waals surface area contributed by atoms with Crippen LogP contribution in [-0.2, 0) is 9.53 Å². The van der Waals surface area contributed by atoms with E-state index in [0.29, 0.717) is 10.7 Å². The van der Waals surface area contributed by atoms with E-state index in [9.17, 15) is 19.7 Å². The van der Waals surface area contributed by atoms with Crippen molar-refractivity contribution in [3.05, 3.63) is 63.2 Å². The lowest BCUT2D eigenvalue weighted by Crippen LogP contribution is -2.30. The second kappa shape index (κ2) is 8.30. The first-order valence-corrected chi connectivity index (χ1v) is 7.93. The van der Waals surface area contributed by atoms with Gasteiger partial charge in [0.25, 0.3) is 11.6 Å². The Bertz CT molecular complexity index is 856. The molecular weight excluding hydrogens is 362 g/mol. The van der Waals surface area contributed by atoms with Crippen molar-refractivity contribution in [3.63, 3.8) is 0 Å². The summed E-state index contributed by atoms with van der Waals surface area (Å²) >= 11 is 5.84. The summed E-state index contributed by atoms with van der Waals surface area (Å²) < 4.78 is 5.08. The molecule has 0 aliphatic rings. The molecule has 0 heterocycles. The molecule has 0 aliphatic carbocycles. The molecule has 0 spiro atoms. The minimum Gasteiger partial charge on any atom is -0.449 e. The van der Waals surface area contributed by atoms with E-state index in [-0.39, 0.29) is 16.9 Å². The van der Waals surface area contributed by atoms with Crippen molar-refractivity contribution >= 4 is 40.5 Å². The highest BCUT2D eigenvalue weighted by Crippen LogP contribution is 2.25. The molecule has 0 aromatic heterocycles. The summed E-state index contributed by atoms with van der Waals surface area (Å²) in [6.45, 7) is 1.40. The predicted molar refractivity (Wildman–Crippen MR) is 97.6 cm³/mol. The number of nitro benzene ring substituents is 1. The van der Waals surface area contributed by atoms with E-state index in [1.165, 1.54) is 26.1 Å². The van der Waals surface area contributed by atoms with Crippen LogP contribution in [0.4, 0.5) is 17.1 Å². The van der Waals surface area contributed by atoms with Crippen molar-refractivity contribution in [1.29, 1.82) is 0 Å². The van der Waals surface area contributed by atoms with Gasteiger partial charge in [-0.2, -0.15) is 0 Å². The third-order valence-corrected chi connectivity index (χ3v) is 3.68. The standard InChI is InChI=1S/C17H16ClN3O5/c1-10(16(22)20-13-5-3-4-12(18)9-13)26-17(23)11-6-7-14(19-2)15(8-11)21(24)25/h3-10,19H,1-2H3,(H,20,22)/t10-/m0/s1.